The molecule has 0 spiro atoms. The average molecular weight is 246 g/mol. The molecule has 1 atom stereocenters. The van der Waals surface area contributed by atoms with E-state index in [0.29, 0.717) is 5.52 Å². The van der Waals surface area contributed by atoms with E-state index in [0.717, 1.165) is 31.0 Å². The molecule has 2 aromatic rings. The second kappa shape index (κ2) is 4.40. The van der Waals surface area contributed by atoms with Gasteiger partial charge in [0.25, 0.3) is 0 Å². The molecule has 1 aromatic heterocycles. The predicted molar refractivity (Wildman–Crippen MR) is 66.7 cm³/mol. The first-order valence-electron chi connectivity index (χ1n) is 5.92. The lowest BCUT2D eigenvalue weighted by Crippen LogP contribution is -2.43. The van der Waals surface area contributed by atoms with Crippen molar-refractivity contribution in [3.05, 3.63) is 29.6 Å². The Hall–Kier alpha value is -1.92. The van der Waals surface area contributed by atoms with Crippen LogP contribution in [0.15, 0.2) is 18.2 Å². The van der Waals surface area contributed by atoms with E-state index in [2.05, 4.69) is 20.6 Å². The maximum Gasteiger partial charge on any atom is 0.337 e. The van der Waals surface area contributed by atoms with E-state index in [1.807, 2.05) is 6.07 Å². The SMILES string of the molecule is O=C(O)c1cccc2[nH]c(C3CNCCN3)nc12. The minimum atomic E-state index is -0.951. The number of fused-ring (bicyclic) bond motifs is 1. The van der Waals surface area contributed by atoms with Crippen LogP contribution in [0.25, 0.3) is 11.0 Å². The molecule has 6 nitrogen and oxygen atoms in total. The Morgan fingerprint density at radius 1 is 1.39 bits per heavy atom. The van der Waals surface area contributed by atoms with Gasteiger partial charge < -0.3 is 20.7 Å². The second-order valence-corrected chi connectivity index (χ2v) is 4.34. The minimum Gasteiger partial charge on any atom is -0.478 e. The molecule has 4 N–H and O–H groups in total. The van der Waals surface area contributed by atoms with Crippen LogP contribution >= 0.6 is 0 Å². The number of aromatic nitrogens is 2. The van der Waals surface area contributed by atoms with Gasteiger partial charge in [0, 0.05) is 19.6 Å². The summed E-state index contributed by atoms with van der Waals surface area (Å²) in [7, 11) is 0. The fraction of sp³-hybridized carbons (Fsp3) is 0.333. The topological polar surface area (TPSA) is 90.0 Å². The van der Waals surface area contributed by atoms with Crippen LogP contribution in [0.1, 0.15) is 22.2 Å². The van der Waals surface area contributed by atoms with Gasteiger partial charge in [0.1, 0.15) is 11.3 Å². The first-order valence-corrected chi connectivity index (χ1v) is 5.92. The molecule has 0 saturated carbocycles. The molecule has 18 heavy (non-hydrogen) atoms. The molecule has 0 aliphatic carbocycles. The fourth-order valence-electron chi connectivity index (χ4n) is 2.24. The molecule has 1 saturated heterocycles. The number of nitrogens with zero attached hydrogens (tertiary/aromatic N) is 1. The van der Waals surface area contributed by atoms with Crippen molar-refractivity contribution < 1.29 is 9.90 Å². The maximum absolute atomic E-state index is 11.1. The summed E-state index contributed by atoms with van der Waals surface area (Å²) in [4.78, 5) is 18.7. The van der Waals surface area contributed by atoms with Crippen molar-refractivity contribution in [2.75, 3.05) is 19.6 Å². The number of piperazine rings is 1. The van der Waals surface area contributed by atoms with Crippen LogP contribution in [-0.4, -0.2) is 40.7 Å². The van der Waals surface area contributed by atoms with E-state index < -0.39 is 5.97 Å². The van der Waals surface area contributed by atoms with Crippen molar-refractivity contribution in [2.24, 2.45) is 0 Å². The third-order valence-corrected chi connectivity index (χ3v) is 3.13. The zero-order valence-electron chi connectivity index (χ0n) is 9.73. The van der Waals surface area contributed by atoms with Gasteiger partial charge in [-0.1, -0.05) is 6.07 Å². The number of aromatic carboxylic acids is 1. The molecule has 6 heteroatoms. The molecule has 3 rings (SSSR count). The Bertz CT molecular complexity index is 587. The predicted octanol–water partition coefficient (Wildman–Crippen LogP) is 0.495. The molecule has 0 amide bonds. The van der Waals surface area contributed by atoms with Crippen LogP contribution in [0, 0.1) is 0 Å². The Kier molecular flexibility index (Phi) is 2.73. The molecule has 1 aliphatic heterocycles. The van der Waals surface area contributed by atoms with Gasteiger partial charge in [-0.05, 0) is 12.1 Å². The van der Waals surface area contributed by atoms with Gasteiger partial charge in [-0.3, -0.25) is 0 Å². The number of carboxylic acid groups (broad SMARTS) is 1. The maximum atomic E-state index is 11.1. The van der Waals surface area contributed by atoms with Gasteiger partial charge in [0.15, 0.2) is 0 Å². The zero-order chi connectivity index (χ0) is 12.5. The Morgan fingerprint density at radius 3 is 3.00 bits per heavy atom. The molecule has 0 bridgehead atoms. The van der Waals surface area contributed by atoms with Gasteiger partial charge in [0.2, 0.25) is 0 Å². The largest absolute Gasteiger partial charge is 0.478 e. The van der Waals surface area contributed by atoms with Gasteiger partial charge >= 0.3 is 5.97 Å². The normalized spacial score (nSPS) is 20.1. The zero-order valence-corrected chi connectivity index (χ0v) is 9.73. The van der Waals surface area contributed by atoms with Gasteiger partial charge in [-0.2, -0.15) is 0 Å². The van der Waals surface area contributed by atoms with Crippen molar-refractivity contribution in [2.45, 2.75) is 6.04 Å². The van der Waals surface area contributed by atoms with E-state index >= 15 is 0 Å². The number of hydrogen-bond acceptors (Lipinski definition) is 4. The quantitative estimate of drug-likeness (QED) is 0.619. The smallest absolute Gasteiger partial charge is 0.337 e. The summed E-state index contributed by atoms with van der Waals surface area (Å²) in [6.45, 7) is 2.62. The Labute approximate surface area is 103 Å². The van der Waals surface area contributed by atoms with Gasteiger partial charge in [0.05, 0.1) is 17.1 Å². The van der Waals surface area contributed by atoms with E-state index in [1.54, 1.807) is 12.1 Å². The number of H-pyrrole nitrogens is 1. The third kappa shape index (κ3) is 1.85. The number of rotatable bonds is 2. The highest BCUT2D eigenvalue weighted by molar-refractivity contribution is 6.00. The standard InChI is InChI=1S/C12H14N4O2/c17-12(18)7-2-1-3-8-10(7)16-11(15-8)9-6-13-4-5-14-9/h1-3,9,13-14H,4-6H2,(H,15,16)(H,17,18). The van der Waals surface area contributed by atoms with Crippen molar-refractivity contribution in [1.82, 2.24) is 20.6 Å². The summed E-state index contributed by atoms with van der Waals surface area (Å²) < 4.78 is 0. The molecular weight excluding hydrogens is 232 g/mol. The second-order valence-electron chi connectivity index (χ2n) is 4.34. The molecule has 1 aliphatic rings. The highest BCUT2D eigenvalue weighted by atomic mass is 16.4. The number of aromatic amines is 1. The number of imidazole rings is 1. The summed E-state index contributed by atoms with van der Waals surface area (Å²) in [5.74, 6) is -0.167. The summed E-state index contributed by atoms with van der Waals surface area (Å²) in [5.41, 5.74) is 1.52. The first kappa shape index (κ1) is 11.2. The summed E-state index contributed by atoms with van der Waals surface area (Å²) in [5, 5.41) is 15.7. The Balaban J connectivity index is 2.04. The van der Waals surface area contributed by atoms with Crippen LogP contribution < -0.4 is 10.6 Å². The van der Waals surface area contributed by atoms with Crippen LogP contribution in [0.3, 0.4) is 0 Å². The summed E-state index contributed by atoms with van der Waals surface area (Å²) in [6, 6.07) is 5.24. The number of carbonyl (C=O) groups is 1. The van der Waals surface area contributed by atoms with Gasteiger partial charge in [-0.25, -0.2) is 9.78 Å². The fourth-order valence-corrected chi connectivity index (χ4v) is 2.24. The molecule has 94 valence electrons. The van der Waals surface area contributed by atoms with Crippen molar-refractivity contribution in [3.63, 3.8) is 0 Å². The highest BCUT2D eigenvalue weighted by Gasteiger charge is 2.19. The molecule has 1 unspecified atom stereocenters. The summed E-state index contributed by atoms with van der Waals surface area (Å²) >= 11 is 0. The van der Waals surface area contributed by atoms with Crippen molar-refractivity contribution in [1.29, 1.82) is 0 Å². The summed E-state index contributed by atoms with van der Waals surface area (Å²) in [6.07, 6.45) is 0. The van der Waals surface area contributed by atoms with Crippen LogP contribution in [0.4, 0.5) is 0 Å². The number of para-hydroxylation sites is 1. The third-order valence-electron chi connectivity index (χ3n) is 3.13. The molecule has 1 fully saturated rings. The average Bonchev–Trinajstić information content (AvgIpc) is 2.83. The van der Waals surface area contributed by atoms with Crippen LogP contribution in [0.5, 0.6) is 0 Å². The van der Waals surface area contributed by atoms with E-state index in [9.17, 15) is 4.79 Å². The molecule has 2 heterocycles. The lowest BCUT2D eigenvalue weighted by atomic mass is 10.2. The lowest BCUT2D eigenvalue weighted by molar-refractivity contribution is 0.0699. The highest BCUT2D eigenvalue weighted by Crippen LogP contribution is 2.20. The van der Waals surface area contributed by atoms with Crippen molar-refractivity contribution >= 4 is 17.0 Å². The van der Waals surface area contributed by atoms with Crippen LogP contribution in [-0.2, 0) is 0 Å². The van der Waals surface area contributed by atoms with Crippen LogP contribution in [0.2, 0.25) is 0 Å². The lowest BCUT2D eigenvalue weighted by Gasteiger charge is -2.22. The van der Waals surface area contributed by atoms with E-state index in [-0.39, 0.29) is 11.6 Å². The number of nitrogens with one attached hydrogen (secondary N) is 3. The molecular formula is C12H14N4O2. The van der Waals surface area contributed by atoms with E-state index in [4.69, 9.17) is 5.11 Å². The Morgan fingerprint density at radius 2 is 2.28 bits per heavy atom. The number of benzene rings is 1. The molecule has 1 aromatic carbocycles. The minimum absolute atomic E-state index is 0.104. The first-order chi connectivity index (χ1) is 8.75. The van der Waals surface area contributed by atoms with Gasteiger partial charge in [-0.15, -0.1) is 0 Å². The van der Waals surface area contributed by atoms with E-state index in [1.165, 1.54) is 0 Å². The monoisotopic (exact) mass is 246 g/mol. The number of hydrogen-bond donors (Lipinski definition) is 4. The number of carboxylic acids is 1. The molecule has 0 radical (unpaired) electrons. The van der Waals surface area contributed by atoms with Crippen molar-refractivity contribution in [3.8, 4) is 0 Å².